The second-order valence-electron chi connectivity index (χ2n) is 9.53. The highest BCUT2D eigenvalue weighted by Crippen LogP contribution is 2.58. The summed E-state index contributed by atoms with van der Waals surface area (Å²) in [5.41, 5.74) is -3.45. The first-order valence-corrected chi connectivity index (χ1v) is 13.2. The number of H-pyrrole nitrogens is 2. The van der Waals surface area contributed by atoms with Crippen molar-refractivity contribution < 1.29 is 37.8 Å². The largest absolute Gasteiger partial charge is 0.475 e. The summed E-state index contributed by atoms with van der Waals surface area (Å²) in [6, 6.07) is 0. The molecule has 5 heterocycles. The zero-order chi connectivity index (χ0) is 27.4. The molecule has 4 N–H and O–H groups in total. The molecule has 3 aliphatic rings. The monoisotopic (exact) mass is 558 g/mol. The number of aliphatic hydroxyl groups is 2. The van der Waals surface area contributed by atoms with Crippen molar-refractivity contribution in [2.24, 2.45) is 0 Å². The van der Waals surface area contributed by atoms with Gasteiger partial charge in [-0.3, -0.25) is 42.3 Å². The molecule has 5 rings (SSSR count). The van der Waals surface area contributed by atoms with Crippen molar-refractivity contribution >= 4 is 7.82 Å². The summed E-state index contributed by atoms with van der Waals surface area (Å²) in [5.74, 6) is 0. The first-order valence-electron chi connectivity index (χ1n) is 11.8. The fourth-order valence-electron chi connectivity index (χ4n) is 4.66. The van der Waals surface area contributed by atoms with Crippen LogP contribution in [0.25, 0.3) is 0 Å². The molecule has 0 saturated carbocycles. The number of nitrogens with one attached hydrogen (secondary N) is 2. The van der Waals surface area contributed by atoms with Crippen molar-refractivity contribution in [1.82, 2.24) is 19.1 Å². The van der Waals surface area contributed by atoms with Crippen molar-refractivity contribution in [1.29, 1.82) is 0 Å². The molecule has 2 aromatic heterocycles. The molecule has 16 nitrogen and oxygen atoms in total. The number of aryl methyl sites for hydroxylation is 2. The summed E-state index contributed by atoms with van der Waals surface area (Å²) in [5, 5.41) is 20.5. The molecule has 17 heteroatoms. The normalized spacial score (nSPS) is 35.2. The van der Waals surface area contributed by atoms with E-state index in [1.807, 2.05) is 0 Å². The van der Waals surface area contributed by atoms with Crippen LogP contribution in [-0.2, 0) is 27.6 Å². The van der Waals surface area contributed by atoms with E-state index in [1.165, 1.54) is 26.2 Å². The van der Waals surface area contributed by atoms with Crippen LogP contribution in [0.4, 0.5) is 0 Å². The molecule has 0 aliphatic carbocycles. The van der Waals surface area contributed by atoms with Gasteiger partial charge in [0.15, 0.2) is 0 Å². The standard InChI is InChI=1S/C21H27N4O12P/c1-10-5-24(19(30)22-17(10)28)15-3-12(13(7-26)35-15)37-38(32)33-8-21(9-34-38)14(27)4-16(36-21)25-6-11(2)18(29)23-20(25)31/h5-6,12-16,26-27H,3-4,7-9H2,1-2H3,(H,22,28,30)(H,23,29,31)/t12-,13+,14-,15+,16+,21?,38?/m0/s1. The van der Waals surface area contributed by atoms with Crippen LogP contribution in [0, 0.1) is 13.8 Å². The number of phosphoric ester groups is 1. The smallest absolute Gasteiger partial charge is 0.394 e. The Morgan fingerprint density at radius 2 is 1.55 bits per heavy atom. The molecular weight excluding hydrogens is 531 g/mol. The van der Waals surface area contributed by atoms with E-state index in [4.69, 9.17) is 23.0 Å². The molecule has 3 saturated heterocycles. The van der Waals surface area contributed by atoms with E-state index in [0.717, 1.165) is 9.13 Å². The number of rotatable bonds is 5. The highest BCUT2D eigenvalue weighted by atomic mass is 31.2. The van der Waals surface area contributed by atoms with Gasteiger partial charge in [-0.05, 0) is 13.8 Å². The lowest BCUT2D eigenvalue weighted by Gasteiger charge is -2.38. The minimum absolute atomic E-state index is 0.0197. The van der Waals surface area contributed by atoms with E-state index in [0.29, 0.717) is 0 Å². The zero-order valence-corrected chi connectivity index (χ0v) is 21.3. The molecule has 3 aliphatic heterocycles. The Morgan fingerprint density at radius 1 is 1.00 bits per heavy atom. The predicted molar refractivity (Wildman–Crippen MR) is 126 cm³/mol. The van der Waals surface area contributed by atoms with Gasteiger partial charge < -0.3 is 19.7 Å². The summed E-state index contributed by atoms with van der Waals surface area (Å²) in [6.07, 6.45) is -2.45. The van der Waals surface area contributed by atoms with Crippen LogP contribution in [0.5, 0.6) is 0 Å². The van der Waals surface area contributed by atoms with Gasteiger partial charge in [0.25, 0.3) is 11.1 Å². The zero-order valence-electron chi connectivity index (χ0n) is 20.4. The summed E-state index contributed by atoms with van der Waals surface area (Å²) in [6.45, 7) is 1.69. The van der Waals surface area contributed by atoms with Gasteiger partial charge in [0, 0.05) is 36.4 Å². The minimum Gasteiger partial charge on any atom is -0.394 e. The van der Waals surface area contributed by atoms with Crippen LogP contribution in [-0.4, -0.2) is 73.0 Å². The molecule has 0 aromatic carbocycles. The minimum atomic E-state index is -4.22. The van der Waals surface area contributed by atoms with Crippen LogP contribution < -0.4 is 22.5 Å². The van der Waals surface area contributed by atoms with Gasteiger partial charge in [-0.25, -0.2) is 14.2 Å². The van der Waals surface area contributed by atoms with Gasteiger partial charge in [-0.2, -0.15) is 0 Å². The second-order valence-corrected chi connectivity index (χ2v) is 11.2. The fraction of sp³-hybridized carbons (Fsp3) is 0.619. The molecular formula is C21H27N4O12P. The van der Waals surface area contributed by atoms with Gasteiger partial charge in [-0.1, -0.05) is 0 Å². The Morgan fingerprint density at radius 3 is 2.11 bits per heavy atom. The molecule has 0 radical (unpaired) electrons. The topological polar surface area (TPSA) is 213 Å². The van der Waals surface area contributed by atoms with Crippen LogP contribution in [0.1, 0.15) is 36.4 Å². The third-order valence-electron chi connectivity index (χ3n) is 6.87. The predicted octanol–water partition coefficient (Wildman–Crippen LogP) is -1.46. The Balaban J connectivity index is 1.27. The number of aromatic amines is 2. The maximum absolute atomic E-state index is 13.2. The Bertz CT molecular complexity index is 1500. The fourth-order valence-corrected chi connectivity index (χ4v) is 6.17. The van der Waals surface area contributed by atoms with Crippen LogP contribution in [0.15, 0.2) is 31.6 Å². The van der Waals surface area contributed by atoms with Crippen molar-refractivity contribution in [3.63, 3.8) is 0 Å². The average Bonchev–Trinajstić information content (AvgIpc) is 3.41. The highest BCUT2D eigenvalue weighted by molar-refractivity contribution is 7.48. The second kappa shape index (κ2) is 9.81. The molecule has 38 heavy (non-hydrogen) atoms. The molecule has 0 bridgehead atoms. The number of aliphatic hydroxyl groups excluding tert-OH is 2. The third-order valence-corrected chi connectivity index (χ3v) is 8.29. The number of hydrogen-bond donors (Lipinski definition) is 4. The van der Waals surface area contributed by atoms with Crippen LogP contribution >= 0.6 is 7.82 Å². The first-order chi connectivity index (χ1) is 17.9. The van der Waals surface area contributed by atoms with Crippen molar-refractivity contribution in [3.05, 3.63) is 65.2 Å². The Labute approximate surface area is 213 Å². The maximum Gasteiger partial charge on any atom is 0.475 e. The Hall–Kier alpha value is -2.69. The van der Waals surface area contributed by atoms with Gasteiger partial charge in [0.05, 0.1) is 25.9 Å². The molecule has 1 spiro atoms. The van der Waals surface area contributed by atoms with Gasteiger partial charge in [0.1, 0.15) is 30.3 Å². The van der Waals surface area contributed by atoms with Gasteiger partial charge in [0.2, 0.25) is 0 Å². The van der Waals surface area contributed by atoms with E-state index in [9.17, 15) is 34.0 Å². The molecule has 5 atom stereocenters. The van der Waals surface area contributed by atoms with E-state index in [2.05, 4.69) is 9.97 Å². The molecule has 0 amide bonds. The maximum atomic E-state index is 13.2. The van der Waals surface area contributed by atoms with Crippen molar-refractivity contribution in [3.8, 4) is 0 Å². The quantitative estimate of drug-likeness (QED) is 0.310. The molecule has 3 fully saturated rings. The number of nitrogens with zero attached hydrogens (tertiary/aromatic N) is 2. The lowest BCUT2D eigenvalue weighted by atomic mass is 9.99. The van der Waals surface area contributed by atoms with Gasteiger partial charge >= 0.3 is 19.2 Å². The number of ether oxygens (including phenoxy) is 2. The van der Waals surface area contributed by atoms with Crippen molar-refractivity contribution in [2.45, 2.75) is 63.1 Å². The average molecular weight is 558 g/mol. The number of aromatic nitrogens is 4. The Kier molecular flexibility index (Phi) is 6.94. The lowest BCUT2D eigenvalue weighted by Crippen LogP contribution is -2.50. The molecule has 2 aromatic rings. The summed E-state index contributed by atoms with van der Waals surface area (Å²) in [4.78, 5) is 52.2. The number of phosphoric acid groups is 1. The van der Waals surface area contributed by atoms with E-state index in [1.54, 1.807) is 0 Å². The van der Waals surface area contributed by atoms with E-state index in [-0.39, 0.29) is 24.0 Å². The third kappa shape index (κ3) is 4.78. The van der Waals surface area contributed by atoms with Crippen LogP contribution in [0.3, 0.4) is 0 Å². The molecule has 208 valence electrons. The summed E-state index contributed by atoms with van der Waals surface area (Å²) < 4.78 is 43.5. The van der Waals surface area contributed by atoms with E-state index < -0.39 is 86.5 Å². The summed E-state index contributed by atoms with van der Waals surface area (Å²) >= 11 is 0. The highest BCUT2D eigenvalue weighted by Gasteiger charge is 2.56. The summed E-state index contributed by atoms with van der Waals surface area (Å²) in [7, 11) is -4.22. The first kappa shape index (κ1) is 26.9. The van der Waals surface area contributed by atoms with E-state index >= 15 is 0 Å². The lowest BCUT2D eigenvalue weighted by molar-refractivity contribution is -0.169. The van der Waals surface area contributed by atoms with Gasteiger partial charge in [-0.15, -0.1) is 0 Å². The molecule has 0 unspecified atom stereocenters. The van der Waals surface area contributed by atoms with Crippen molar-refractivity contribution in [2.75, 3.05) is 19.8 Å². The number of hydrogen-bond acceptors (Lipinski definition) is 12. The SMILES string of the molecule is Cc1cn([C@H]2C[C@H](OP3(=O)OCC4(CO3)O[C@@H](n3cc(C)c(=O)[nH]c3=O)C[C@@H]4O)[C@@H](CO)O2)c(=O)[nH]c1=O. The van der Waals surface area contributed by atoms with Crippen LogP contribution in [0.2, 0.25) is 0 Å².